The maximum atomic E-state index is 11.6. The van der Waals surface area contributed by atoms with Crippen LogP contribution in [0.4, 0.5) is 0 Å². The van der Waals surface area contributed by atoms with Crippen LogP contribution in [-0.4, -0.2) is 27.9 Å². The highest BCUT2D eigenvalue weighted by atomic mass is 32.2. The third-order valence-corrected chi connectivity index (χ3v) is 3.20. The number of rotatable bonds is 3. The van der Waals surface area contributed by atoms with Gasteiger partial charge < -0.3 is 15.0 Å². The smallest absolute Gasteiger partial charge is 0.358 e. The first-order chi connectivity index (χ1) is 7.27. The Bertz CT molecular complexity index is 389. The van der Waals surface area contributed by atoms with Crippen molar-refractivity contribution in [3.05, 3.63) is 11.4 Å². The van der Waals surface area contributed by atoms with Gasteiger partial charge in [-0.1, -0.05) is 11.8 Å². The minimum atomic E-state index is -0.375. The monoisotopic (exact) mass is 227 g/mol. The lowest BCUT2D eigenvalue weighted by molar-refractivity contribution is 0.0518. The van der Waals surface area contributed by atoms with Gasteiger partial charge in [0, 0.05) is 18.8 Å². The van der Waals surface area contributed by atoms with Crippen LogP contribution in [0.15, 0.2) is 5.16 Å². The second-order valence-electron chi connectivity index (χ2n) is 3.11. The van der Waals surface area contributed by atoms with E-state index in [1.54, 1.807) is 18.7 Å². The summed E-state index contributed by atoms with van der Waals surface area (Å²) in [5.41, 5.74) is 6.79. The summed E-state index contributed by atoms with van der Waals surface area (Å²) < 4.78 is 6.92. The number of nitrogens with two attached hydrogens (primary N) is 1. The van der Waals surface area contributed by atoms with Crippen LogP contribution in [-0.2, 0) is 17.8 Å². The van der Waals surface area contributed by atoms with Gasteiger partial charge in [-0.25, -0.2) is 9.78 Å². The Labute approximate surface area is 92.0 Å². The van der Waals surface area contributed by atoms with Crippen LogP contribution in [0.5, 0.6) is 0 Å². The third-order valence-electron chi connectivity index (χ3n) is 2.25. The second-order valence-corrected chi connectivity index (χ2v) is 4.18. The molecule has 1 aliphatic heterocycles. The van der Waals surface area contributed by atoms with Crippen LogP contribution >= 0.6 is 11.8 Å². The van der Waals surface area contributed by atoms with E-state index in [4.69, 9.17) is 10.5 Å². The van der Waals surface area contributed by atoms with E-state index in [0.29, 0.717) is 18.8 Å². The van der Waals surface area contributed by atoms with Crippen molar-refractivity contribution in [3.63, 3.8) is 0 Å². The third kappa shape index (κ3) is 1.74. The summed E-state index contributed by atoms with van der Waals surface area (Å²) >= 11 is 1.64. The van der Waals surface area contributed by atoms with Gasteiger partial charge in [0.1, 0.15) is 0 Å². The van der Waals surface area contributed by atoms with Gasteiger partial charge in [0.2, 0.25) is 0 Å². The minimum absolute atomic E-state index is 0.321. The molecular formula is C9H13N3O2S. The fourth-order valence-electron chi connectivity index (χ4n) is 1.60. The molecule has 2 heterocycles. The van der Waals surface area contributed by atoms with Crippen molar-refractivity contribution in [2.24, 2.45) is 5.73 Å². The summed E-state index contributed by atoms with van der Waals surface area (Å²) in [6.07, 6.45) is 0. The van der Waals surface area contributed by atoms with Crippen molar-refractivity contribution in [3.8, 4) is 0 Å². The van der Waals surface area contributed by atoms with Crippen LogP contribution in [0.1, 0.15) is 23.1 Å². The summed E-state index contributed by atoms with van der Waals surface area (Å²) in [5, 5.41) is 0.874. The number of esters is 1. The Morgan fingerprint density at radius 2 is 2.53 bits per heavy atom. The molecule has 1 aliphatic rings. The zero-order chi connectivity index (χ0) is 10.8. The maximum absolute atomic E-state index is 11.6. The van der Waals surface area contributed by atoms with Gasteiger partial charge in [-0.3, -0.25) is 0 Å². The Morgan fingerprint density at radius 3 is 3.20 bits per heavy atom. The lowest BCUT2D eigenvalue weighted by Gasteiger charge is -2.03. The van der Waals surface area contributed by atoms with Crippen LogP contribution in [0.25, 0.3) is 0 Å². The number of thioether (sulfide) groups is 1. The van der Waals surface area contributed by atoms with Gasteiger partial charge in [-0.05, 0) is 6.92 Å². The fraction of sp³-hybridized carbons (Fsp3) is 0.556. The van der Waals surface area contributed by atoms with E-state index < -0.39 is 0 Å². The van der Waals surface area contributed by atoms with Crippen LogP contribution in [0, 0.1) is 0 Å². The number of fused-ring (bicyclic) bond motifs is 1. The quantitative estimate of drug-likeness (QED) is 0.767. The molecule has 2 rings (SSSR count). The molecule has 0 aromatic carbocycles. The standard InChI is InChI=1S/C9H13N3O2S/c1-2-14-8(13)7-6(5-10)12-3-4-15-9(12)11-7/h2-5,10H2,1H3. The number of carbonyl (C=O) groups excluding carboxylic acids is 1. The number of aromatic nitrogens is 2. The number of ether oxygens (including phenoxy) is 1. The van der Waals surface area contributed by atoms with Gasteiger partial charge in [-0.15, -0.1) is 0 Å². The Kier molecular flexibility index (Phi) is 2.97. The van der Waals surface area contributed by atoms with Crippen molar-refractivity contribution >= 4 is 17.7 Å². The zero-order valence-electron chi connectivity index (χ0n) is 8.52. The minimum Gasteiger partial charge on any atom is -0.461 e. The SMILES string of the molecule is CCOC(=O)c1nc2n(c1CN)CCS2. The van der Waals surface area contributed by atoms with Gasteiger partial charge in [-0.2, -0.15) is 0 Å². The van der Waals surface area contributed by atoms with Gasteiger partial charge in [0.05, 0.1) is 12.3 Å². The summed E-state index contributed by atoms with van der Waals surface area (Å²) in [7, 11) is 0. The first-order valence-electron chi connectivity index (χ1n) is 4.87. The first-order valence-corrected chi connectivity index (χ1v) is 5.85. The molecule has 0 amide bonds. The fourth-order valence-corrected chi connectivity index (χ4v) is 2.57. The molecule has 6 heteroatoms. The average Bonchev–Trinajstić information content (AvgIpc) is 2.76. The second kappa shape index (κ2) is 4.24. The molecule has 0 saturated carbocycles. The molecule has 0 atom stereocenters. The lowest BCUT2D eigenvalue weighted by atomic mass is 10.3. The molecule has 0 aliphatic carbocycles. The highest BCUT2D eigenvalue weighted by Crippen LogP contribution is 2.28. The summed E-state index contributed by atoms with van der Waals surface area (Å²) in [5.74, 6) is 0.624. The van der Waals surface area contributed by atoms with E-state index in [1.165, 1.54) is 0 Å². The number of carbonyl (C=O) groups is 1. The predicted molar refractivity (Wildman–Crippen MR) is 56.8 cm³/mol. The van der Waals surface area contributed by atoms with E-state index in [1.807, 2.05) is 4.57 Å². The summed E-state index contributed by atoms with van der Waals surface area (Å²) in [6.45, 7) is 3.33. The van der Waals surface area contributed by atoms with Gasteiger partial charge in [0.25, 0.3) is 0 Å². The molecule has 0 fully saturated rings. The average molecular weight is 227 g/mol. The molecule has 0 saturated heterocycles. The number of hydrogen-bond acceptors (Lipinski definition) is 5. The highest BCUT2D eigenvalue weighted by molar-refractivity contribution is 7.99. The first kappa shape index (κ1) is 10.5. The van der Waals surface area contributed by atoms with E-state index >= 15 is 0 Å². The molecule has 0 spiro atoms. The van der Waals surface area contributed by atoms with Crippen molar-refractivity contribution in [2.75, 3.05) is 12.4 Å². The topological polar surface area (TPSA) is 70.1 Å². The van der Waals surface area contributed by atoms with E-state index in [9.17, 15) is 4.79 Å². The Balaban J connectivity index is 2.35. The molecule has 0 bridgehead atoms. The zero-order valence-corrected chi connectivity index (χ0v) is 9.34. The Hall–Kier alpha value is -1.01. The van der Waals surface area contributed by atoms with Crippen molar-refractivity contribution < 1.29 is 9.53 Å². The maximum Gasteiger partial charge on any atom is 0.358 e. The van der Waals surface area contributed by atoms with Crippen molar-refractivity contribution in [1.82, 2.24) is 9.55 Å². The molecule has 1 aromatic rings. The van der Waals surface area contributed by atoms with E-state index in [-0.39, 0.29) is 5.97 Å². The largest absolute Gasteiger partial charge is 0.461 e. The molecule has 0 unspecified atom stereocenters. The normalized spacial score (nSPS) is 14.0. The lowest BCUT2D eigenvalue weighted by Crippen LogP contribution is -2.13. The molecule has 15 heavy (non-hydrogen) atoms. The van der Waals surface area contributed by atoms with Crippen LogP contribution < -0.4 is 5.73 Å². The predicted octanol–water partition coefficient (Wildman–Crippen LogP) is 0.624. The molecule has 82 valence electrons. The number of imidazole rings is 1. The van der Waals surface area contributed by atoms with E-state index in [2.05, 4.69) is 4.98 Å². The van der Waals surface area contributed by atoms with E-state index in [0.717, 1.165) is 23.1 Å². The molecule has 0 radical (unpaired) electrons. The van der Waals surface area contributed by atoms with Gasteiger partial charge in [0.15, 0.2) is 10.9 Å². The molecular weight excluding hydrogens is 214 g/mol. The van der Waals surface area contributed by atoms with Crippen LogP contribution in [0.2, 0.25) is 0 Å². The van der Waals surface area contributed by atoms with Crippen molar-refractivity contribution in [1.29, 1.82) is 0 Å². The molecule has 2 N–H and O–H groups in total. The molecule has 5 nitrogen and oxygen atoms in total. The number of nitrogens with zero attached hydrogens (tertiary/aromatic N) is 2. The highest BCUT2D eigenvalue weighted by Gasteiger charge is 2.25. The van der Waals surface area contributed by atoms with Gasteiger partial charge >= 0.3 is 5.97 Å². The van der Waals surface area contributed by atoms with Crippen molar-refractivity contribution in [2.45, 2.75) is 25.2 Å². The molecule has 1 aromatic heterocycles. The Morgan fingerprint density at radius 1 is 1.73 bits per heavy atom. The summed E-state index contributed by atoms with van der Waals surface area (Å²) in [6, 6.07) is 0. The number of hydrogen-bond donors (Lipinski definition) is 1. The summed E-state index contributed by atoms with van der Waals surface area (Å²) in [4.78, 5) is 15.8. The van der Waals surface area contributed by atoms with Crippen LogP contribution in [0.3, 0.4) is 0 Å².